The van der Waals surface area contributed by atoms with Crippen molar-refractivity contribution in [2.45, 2.75) is 19.3 Å². The van der Waals surface area contributed by atoms with Gasteiger partial charge < -0.3 is 15.4 Å². The number of hydrogen-bond acceptors (Lipinski definition) is 3. The molecule has 0 amide bonds. The van der Waals surface area contributed by atoms with Gasteiger partial charge in [-0.1, -0.05) is 30.3 Å². The van der Waals surface area contributed by atoms with Gasteiger partial charge in [-0.15, -0.1) is 0 Å². The van der Waals surface area contributed by atoms with E-state index < -0.39 is 0 Å². The van der Waals surface area contributed by atoms with E-state index in [4.69, 9.17) is 4.74 Å². The molecule has 18 heavy (non-hydrogen) atoms. The first-order valence-electron chi connectivity index (χ1n) is 6.88. The zero-order valence-corrected chi connectivity index (χ0v) is 11.5. The summed E-state index contributed by atoms with van der Waals surface area (Å²) in [5.41, 5.74) is 1.44. The van der Waals surface area contributed by atoms with E-state index in [1.807, 2.05) is 0 Å². The number of aryl methyl sites for hydroxylation is 1. The first-order chi connectivity index (χ1) is 8.93. The highest BCUT2D eigenvalue weighted by atomic mass is 16.5. The van der Waals surface area contributed by atoms with E-state index in [1.54, 1.807) is 7.11 Å². The number of methoxy groups -OCH3 is 1. The van der Waals surface area contributed by atoms with E-state index in [1.165, 1.54) is 24.8 Å². The Labute approximate surface area is 111 Å². The molecule has 1 aromatic carbocycles. The number of unbranched alkanes of at least 4 members (excludes halogenated alkanes) is 1. The molecule has 0 fully saturated rings. The summed E-state index contributed by atoms with van der Waals surface area (Å²) < 4.78 is 4.96. The Hall–Kier alpha value is -0.900. The van der Waals surface area contributed by atoms with Crippen molar-refractivity contribution in [1.82, 2.24) is 10.6 Å². The second-order valence-corrected chi connectivity index (χ2v) is 4.44. The Morgan fingerprint density at radius 2 is 1.61 bits per heavy atom. The summed E-state index contributed by atoms with van der Waals surface area (Å²) in [6.07, 6.45) is 3.69. The minimum atomic E-state index is 0.789. The largest absolute Gasteiger partial charge is 0.383 e. The van der Waals surface area contributed by atoms with Crippen molar-refractivity contribution in [1.29, 1.82) is 0 Å². The van der Waals surface area contributed by atoms with Crippen LogP contribution in [0.15, 0.2) is 30.3 Å². The highest BCUT2D eigenvalue weighted by Crippen LogP contribution is 2.03. The van der Waals surface area contributed by atoms with Gasteiger partial charge in [0.15, 0.2) is 0 Å². The smallest absolute Gasteiger partial charge is 0.0587 e. The minimum absolute atomic E-state index is 0.789. The second-order valence-electron chi connectivity index (χ2n) is 4.44. The van der Waals surface area contributed by atoms with Crippen molar-refractivity contribution in [3.05, 3.63) is 35.9 Å². The summed E-state index contributed by atoms with van der Waals surface area (Å²) in [6, 6.07) is 10.7. The number of nitrogens with one attached hydrogen (secondary N) is 2. The Balaban J connectivity index is 1.82. The number of hydrogen-bond donors (Lipinski definition) is 2. The van der Waals surface area contributed by atoms with E-state index in [0.717, 1.165) is 32.8 Å². The van der Waals surface area contributed by atoms with Gasteiger partial charge in [-0.3, -0.25) is 0 Å². The number of benzene rings is 1. The molecular weight excluding hydrogens is 224 g/mol. The lowest BCUT2D eigenvalue weighted by molar-refractivity contribution is 0.199. The molecule has 3 heteroatoms. The molecule has 0 saturated heterocycles. The molecule has 3 nitrogen and oxygen atoms in total. The molecule has 0 atom stereocenters. The summed E-state index contributed by atoms with van der Waals surface area (Å²) in [7, 11) is 1.73. The Morgan fingerprint density at radius 1 is 0.889 bits per heavy atom. The minimum Gasteiger partial charge on any atom is -0.383 e. The molecule has 102 valence electrons. The molecule has 0 aromatic heterocycles. The maximum absolute atomic E-state index is 4.96. The molecule has 0 heterocycles. The molecule has 1 aromatic rings. The maximum Gasteiger partial charge on any atom is 0.0587 e. The highest BCUT2D eigenvalue weighted by molar-refractivity contribution is 5.14. The summed E-state index contributed by atoms with van der Waals surface area (Å²) in [5.74, 6) is 0. The van der Waals surface area contributed by atoms with Gasteiger partial charge in [-0.2, -0.15) is 0 Å². The van der Waals surface area contributed by atoms with Crippen molar-refractivity contribution >= 4 is 0 Å². The summed E-state index contributed by atoms with van der Waals surface area (Å²) >= 11 is 0. The van der Waals surface area contributed by atoms with Crippen LogP contribution in [0, 0.1) is 0 Å². The molecule has 0 aliphatic carbocycles. The van der Waals surface area contributed by atoms with Crippen LogP contribution in [-0.4, -0.2) is 39.9 Å². The predicted molar refractivity (Wildman–Crippen MR) is 77.0 cm³/mol. The lowest BCUT2D eigenvalue weighted by atomic mass is 10.1. The second kappa shape index (κ2) is 11.2. The van der Waals surface area contributed by atoms with Crippen LogP contribution in [0.2, 0.25) is 0 Å². The van der Waals surface area contributed by atoms with Gasteiger partial charge in [-0.05, 0) is 31.4 Å². The van der Waals surface area contributed by atoms with E-state index in [0.29, 0.717) is 0 Å². The molecule has 2 N–H and O–H groups in total. The third-order valence-corrected chi connectivity index (χ3v) is 2.87. The quantitative estimate of drug-likeness (QED) is 0.588. The average Bonchev–Trinajstić information content (AvgIpc) is 2.42. The third-order valence-electron chi connectivity index (χ3n) is 2.87. The van der Waals surface area contributed by atoms with Crippen molar-refractivity contribution in [2.75, 3.05) is 39.9 Å². The van der Waals surface area contributed by atoms with Crippen molar-refractivity contribution in [3.63, 3.8) is 0 Å². The molecule has 1 rings (SSSR count). The number of rotatable bonds is 11. The normalized spacial score (nSPS) is 10.7. The van der Waals surface area contributed by atoms with Gasteiger partial charge in [0.25, 0.3) is 0 Å². The molecule has 0 unspecified atom stereocenters. The van der Waals surface area contributed by atoms with Crippen LogP contribution in [0.1, 0.15) is 18.4 Å². The maximum atomic E-state index is 4.96. The van der Waals surface area contributed by atoms with E-state index in [2.05, 4.69) is 41.0 Å². The SMILES string of the molecule is COCCNCCNCCCCc1ccccc1. The average molecular weight is 250 g/mol. The van der Waals surface area contributed by atoms with Crippen molar-refractivity contribution in [2.24, 2.45) is 0 Å². The molecule has 0 spiro atoms. The van der Waals surface area contributed by atoms with Crippen molar-refractivity contribution in [3.8, 4) is 0 Å². The zero-order valence-electron chi connectivity index (χ0n) is 11.5. The first-order valence-corrected chi connectivity index (χ1v) is 6.88. The van der Waals surface area contributed by atoms with Crippen LogP contribution in [0.25, 0.3) is 0 Å². The van der Waals surface area contributed by atoms with Gasteiger partial charge in [0, 0.05) is 26.7 Å². The topological polar surface area (TPSA) is 33.3 Å². The lowest BCUT2D eigenvalue weighted by Gasteiger charge is -2.06. The fourth-order valence-electron chi connectivity index (χ4n) is 1.82. The van der Waals surface area contributed by atoms with Crippen LogP contribution in [0.4, 0.5) is 0 Å². The van der Waals surface area contributed by atoms with Crippen LogP contribution < -0.4 is 10.6 Å². The van der Waals surface area contributed by atoms with E-state index in [9.17, 15) is 0 Å². The van der Waals surface area contributed by atoms with E-state index in [-0.39, 0.29) is 0 Å². The standard InChI is InChI=1S/C15H26N2O/c1-18-14-13-17-12-11-16-10-6-5-9-15-7-3-2-4-8-15/h2-4,7-8,16-17H,5-6,9-14H2,1H3. The molecule has 0 aliphatic rings. The monoisotopic (exact) mass is 250 g/mol. The van der Waals surface area contributed by atoms with Crippen LogP contribution in [0.3, 0.4) is 0 Å². The molecule has 0 saturated carbocycles. The Bertz CT molecular complexity index is 277. The molecule has 0 bridgehead atoms. The lowest BCUT2D eigenvalue weighted by Crippen LogP contribution is -2.29. The van der Waals surface area contributed by atoms with E-state index >= 15 is 0 Å². The summed E-state index contributed by atoms with van der Waals surface area (Å²) in [4.78, 5) is 0. The zero-order chi connectivity index (χ0) is 12.9. The Morgan fingerprint density at radius 3 is 2.33 bits per heavy atom. The highest BCUT2D eigenvalue weighted by Gasteiger charge is 1.92. The van der Waals surface area contributed by atoms with Crippen LogP contribution >= 0.6 is 0 Å². The fraction of sp³-hybridized carbons (Fsp3) is 0.600. The molecular formula is C15H26N2O. The van der Waals surface area contributed by atoms with Crippen LogP contribution in [0.5, 0.6) is 0 Å². The Kier molecular flexibility index (Phi) is 9.44. The molecule has 0 radical (unpaired) electrons. The first kappa shape index (κ1) is 15.2. The van der Waals surface area contributed by atoms with Gasteiger partial charge in [0.05, 0.1) is 6.61 Å². The van der Waals surface area contributed by atoms with Gasteiger partial charge >= 0.3 is 0 Å². The summed E-state index contributed by atoms with van der Waals surface area (Å²) in [5, 5.41) is 6.76. The van der Waals surface area contributed by atoms with Gasteiger partial charge in [-0.25, -0.2) is 0 Å². The van der Waals surface area contributed by atoms with Crippen LogP contribution in [-0.2, 0) is 11.2 Å². The summed E-state index contributed by atoms with van der Waals surface area (Å²) in [6.45, 7) is 4.89. The fourth-order valence-corrected chi connectivity index (χ4v) is 1.82. The number of ether oxygens (including phenoxy) is 1. The van der Waals surface area contributed by atoms with Gasteiger partial charge in [0.1, 0.15) is 0 Å². The predicted octanol–water partition coefficient (Wildman–Crippen LogP) is 1.83. The molecule has 0 aliphatic heterocycles. The van der Waals surface area contributed by atoms with Gasteiger partial charge in [0.2, 0.25) is 0 Å². The third kappa shape index (κ3) is 8.23. The van der Waals surface area contributed by atoms with Crippen molar-refractivity contribution < 1.29 is 4.74 Å².